The Kier molecular flexibility index (Phi) is 7.84. The summed E-state index contributed by atoms with van der Waals surface area (Å²) >= 11 is 0. The van der Waals surface area contributed by atoms with Crippen molar-refractivity contribution in [3.63, 3.8) is 0 Å². The molecule has 1 N–H and O–H groups in total. The highest BCUT2D eigenvalue weighted by Crippen LogP contribution is 2.15. The predicted molar refractivity (Wildman–Crippen MR) is 110 cm³/mol. The molecule has 0 radical (unpaired) electrons. The predicted octanol–water partition coefficient (Wildman–Crippen LogP) is 2.88. The van der Waals surface area contributed by atoms with E-state index in [-0.39, 0.29) is 24.7 Å². The number of esters is 1. The standard InChI is InChI=1S/C22H29N3O4/c1-2-28-22(27)10-9-21(26)23-19-7-5-18(6-8-19)16-24-11-13-25(14-12-24)17-20-4-3-15-29-20/h3-8,15H,2,9-14,16-17H2,1H3,(H,23,26). The number of nitrogens with zero attached hydrogens (tertiary/aromatic N) is 2. The molecule has 1 saturated heterocycles. The van der Waals surface area contributed by atoms with Gasteiger partial charge in [0.1, 0.15) is 5.76 Å². The summed E-state index contributed by atoms with van der Waals surface area (Å²) in [5.74, 6) is 0.485. The number of nitrogens with one attached hydrogen (secondary N) is 1. The Morgan fingerprint density at radius 2 is 1.69 bits per heavy atom. The van der Waals surface area contributed by atoms with Crippen LogP contribution in [0.5, 0.6) is 0 Å². The van der Waals surface area contributed by atoms with Crippen LogP contribution >= 0.6 is 0 Å². The summed E-state index contributed by atoms with van der Waals surface area (Å²) < 4.78 is 10.3. The molecular weight excluding hydrogens is 370 g/mol. The molecule has 29 heavy (non-hydrogen) atoms. The van der Waals surface area contributed by atoms with Crippen LogP contribution < -0.4 is 5.32 Å². The average Bonchev–Trinajstić information content (AvgIpc) is 3.23. The first-order valence-corrected chi connectivity index (χ1v) is 10.1. The fourth-order valence-corrected chi connectivity index (χ4v) is 3.35. The zero-order chi connectivity index (χ0) is 20.5. The number of carbonyl (C=O) groups excluding carboxylic acids is 2. The molecule has 3 rings (SSSR count). The highest BCUT2D eigenvalue weighted by Gasteiger charge is 2.18. The lowest BCUT2D eigenvalue weighted by molar-refractivity contribution is -0.144. The number of carbonyl (C=O) groups is 2. The topological polar surface area (TPSA) is 75.0 Å². The molecule has 7 heteroatoms. The maximum atomic E-state index is 11.9. The van der Waals surface area contributed by atoms with Crippen LogP contribution in [0, 0.1) is 0 Å². The van der Waals surface area contributed by atoms with Crippen molar-refractivity contribution in [3.8, 4) is 0 Å². The molecule has 2 aromatic rings. The molecule has 1 aliphatic rings. The van der Waals surface area contributed by atoms with Crippen molar-refractivity contribution in [2.45, 2.75) is 32.9 Å². The van der Waals surface area contributed by atoms with E-state index < -0.39 is 0 Å². The highest BCUT2D eigenvalue weighted by atomic mass is 16.5. The van der Waals surface area contributed by atoms with Gasteiger partial charge in [0.2, 0.25) is 5.91 Å². The smallest absolute Gasteiger partial charge is 0.306 e. The molecule has 2 heterocycles. The van der Waals surface area contributed by atoms with Crippen molar-refractivity contribution in [1.82, 2.24) is 9.80 Å². The first kappa shape index (κ1) is 21.1. The second-order valence-corrected chi connectivity index (χ2v) is 7.18. The quantitative estimate of drug-likeness (QED) is 0.654. The Bertz CT molecular complexity index is 766. The van der Waals surface area contributed by atoms with Crippen molar-refractivity contribution in [2.24, 2.45) is 0 Å². The van der Waals surface area contributed by atoms with E-state index >= 15 is 0 Å². The Hall–Kier alpha value is -2.64. The molecule has 1 aromatic heterocycles. The van der Waals surface area contributed by atoms with Gasteiger partial charge in [-0.25, -0.2) is 0 Å². The Morgan fingerprint density at radius 1 is 1.00 bits per heavy atom. The van der Waals surface area contributed by atoms with Gasteiger partial charge in [-0.1, -0.05) is 12.1 Å². The van der Waals surface area contributed by atoms with E-state index in [0.717, 1.165) is 50.7 Å². The number of rotatable bonds is 9. The zero-order valence-corrected chi connectivity index (χ0v) is 16.9. The van der Waals surface area contributed by atoms with Gasteiger partial charge in [-0.3, -0.25) is 19.4 Å². The largest absolute Gasteiger partial charge is 0.468 e. The summed E-state index contributed by atoms with van der Waals surface area (Å²) in [5, 5.41) is 2.82. The third-order valence-corrected chi connectivity index (χ3v) is 4.93. The van der Waals surface area contributed by atoms with Crippen LogP contribution in [-0.2, 0) is 27.4 Å². The van der Waals surface area contributed by atoms with Crippen LogP contribution in [-0.4, -0.2) is 54.5 Å². The van der Waals surface area contributed by atoms with E-state index in [0.29, 0.717) is 6.61 Å². The second kappa shape index (κ2) is 10.8. The van der Waals surface area contributed by atoms with Gasteiger partial charge >= 0.3 is 5.97 Å². The van der Waals surface area contributed by atoms with Crippen LogP contribution in [0.3, 0.4) is 0 Å². The van der Waals surface area contributed by atoms with E-state index in [1.165, 1.54) is 5.56 Å². The first-order valence-electron chi connectivity index (χ1n) is 10.1. The number of ether oxygens (including phenoxy) is 1. The Morgan fingerprint density at radius 3 is 2.31 bits per heavy atom. The molecule has 0 aliphatic carbocycles. The fourth-order valence-electron chi connectivity index (χ4n) is 3.35. The van der Waals surface area contributed by atoms with Crippen LogP contribution in [0.15, 0.2) is 47.1 Å². The Balaban J connectivity index is 1.38. The summed E-state index contributed by atoms with van der Waals surface area (Å²) in [7, 11) is 0. The van der Waals surface area contributed by atoms with Crippen molar-refractivity contribution < 1.29 is 18.7 Å². The van der Waals surface area contributed by atoms with Crippen LogP contribution in [0.2, 0.25) is 0 Å². The number of hydrogen-bond acceptors (Lipinski definition) is 6. The van der Waals surface area contributed by atoms with Gasteiger partial charge in [0.05, 0.1) is 25.8 Å². The molecule has 1 aromatic carbocycles. The van der Waals surface area contributed by atoms with Gasteiger partial charge in [-0.05, 0) is 36.8 Å². The van der Waals surface area contributed by atoms with Crippen molar-refractivity contribution >= 4 is 17.6 Å². The molecule has 1 aliphatic heterocycles. The van der Waals surface area contributed by atoms with E-state index in [4.69, 9.17) is 9.15 Å². The lowest BCUT2D eigenvalue weighted by Gasteiger charge is -2.34. The highest BCUT2D eigenvalue weighted by molar-refractivity contribution is 5.92. The van der Waals surface area contributed by atoms with Gasteiger partial charge in [-0.15, -0.1) is 0 Å². The molecule has 0 atom stereocenters. The van der Waals surface area contributed by atoms with E-state index in [1.807, 2.05) is 36.4 Å². The van der Waals surface area contributed by atoms with Gasteiger partial charge in [-0.2, -0.15) is 0 Å². The molecule has 1 fully saturated rings. The zero-order valence-electron chi connectivity index (χ0n) is 16.9. The summed E-state index contributed by atoms with van der Waals surface area (Å²) in [4.78, 5) is 28.1. The monoisotopic (exact) mass is 399 g/mol. The van der Waals surface area contributed by atoms with Gasteiger partial charge in [0.15, 0.2) is 0 Å². The minimum Gasteiger partial charge on any atom is -0.468 e. The lowest BCUT2D eigenvalue weighted by atomic mass is 10.1. The van der Waals surface area contributed by atoms with E-state index in [2.05, 4.69) is 15.1 Å². The molecule has 0 spiro atoms. The van der Waals surface area contributed by atoms with Crippen LogP contribution in [0.25, 0.3) is 0 Å². The third kappa shape index (κ3) is 7.03. The van der Waals surface area contributed by atoms with Crippen molar-refractivity contribution in [1.29, 1.82) is 0 Å². The van der Waals surface area contributed by atoms with Crippen LogP contribution in [0.1, 0.15) is 31.1 Å². The third-order valence-electron chi connectivity index (χ3n) is 4.93. The molecule has 7 nitrogen and oxygen atoms in total. The summed E-state index contributed by atoms with van der Waals surface area (Å²) in [6, 6.07) is 11.8. The summed E-state index contributed by atoms with van der Waals surface area (Å²) in [6.45, 7) is 7.93. The molecule has 0 bridgehead atoms. The van der Waals surface area contributed by atoms with Gasteiger partial charge < -0.3 is 14.5 Å². The lowest BCUT2D eigenvalue weighted by Crippen LogP contribution is -2.45. The minimum atomic E-state index is -0.345. The van der Waals surface area contributed by atoms with Gasteiger partial charge in [0, 0.05) is 44.8 Å². The van der Waals surface area contributed by atoms with Crippen LogP contribution in [0.4, 0.5) is 5.69 Å². The maximum absolute atomic E-state index is 11.9. The average molecular weight is 399 g/mol. The normalized spacial score (nSPS) is 15.2. The maximum Gasteiger partial charge on any atom is 0.306 e. The number of hydrogen-bond donors (Lipinski definition) is 1. The van der Waals surface area contributed by atoms with Crippen molar-refractivity contribution in [2.75, 3.05) is 38.1 Å². The number of amides is 1. The molecule has 1 amide bonds. The molecule has 0 unspecified atom stereocenters. The van der Waals surface area contributed by atoms with E-state index in [1.54, 1.807) is 13.2 Å². The molecule has 0 saturated carbocycles. The first-order chi connectivity index (χ1) is 14.1. The van der Waals surface area contributed by atoms with E-state index in [9.17, 15) is 9.59 Å². The van der Waals surface area contributed by atoms with Gasteiger partial charge in [0.25, 0.3) is 0 Å². The second-order valence-electron chi connectivity index (χ2n) is 7.18. The summed E-state index contributed by atoms with van der Waals surface area (Å²) in [5.41, 5.74) is 1.96. The Labute approximate surface area is 171 Å². The number of benzene rings is 1. The summed E-state index contributed by atoms with van der Waals surface area (Å²) in [6.07, 6.45) is 1.95. The number of furan rings is 1. The van der Waals surface area contributed by atoms with Crippen molar-refractivity contribution in [3.05, 3.63) is 54.0 Å². The number of piperazine rings is 1. The minimum absolute atomic E-state index is 0.101. The number of anilines is 1. The molecule has 156 valence electrons. The molecular formula is C22H29N3O4. The fraction of sp³-hybridized carbons (Fsp3) is 0.455. The SMILES string of the molecule is CCOC(=O)CCC(=O)Nc1ccc(CN2CCN(Cc3ccco3)CC2)cc1.